The summed E-state index contributed by atoms with van der Waals surface area (Å²) in [5, 5.41) is 26.7. The number of carbonyl (C=O) groups is 2. The second-order valence-electron chi connectivity index (χ2n) is 3.13. The van der Waals surface area contributed by atoms with Crippen molar-refractivity contribution in [2.45, 2.75) is 0 Å². The molecular weight excluding hydrogens is 305 g/mol. The minimum absolute atomic E-state index is 0. The number of rotatable bonds is 5. The summed E-state index contributed by atoms with van der Waals surface area (Å²) in [6.45, 7) is -0.965. The molecule has 19 heavy (non-hydrogen) atoms. The van der Waals surface area contributed by atoms with Crippen molar-refractivity contribution in [3.8, 4) is 5.75 Å². The van der Waals surface area contributed by atoms with E-state index in [1.807, 2.05) is 0 Å². The van der Waals surface area contributed by atoms with Gasteiger partial charge in [-0.2, -0.15) is 0 Å². The summed E-state index contributed by atoms with van der Waals surface area (Å²) in [6, 6.07) is 5.98. The Morgan fingerprint density at radius 2 is 1.42 bits per heavy atom. The largest absolute Gasteiger partial charge is 0.506 e. The van der Waals surface area contributed by atoms with E-state index in [0.717, 1.165) is 4.90 Å². The van der Waals surface area contributed by atoms with Crippen molar-refractivity contribution in [1.82, 2.24) is 0 Å². The predicted octanol–water partition coefficient (Wildman–Crippen LogP) is -1.48. The molecular formula is C10H17CoNO7+2. The summed E-state index contributed by atoms with van der Waals surface area (Å²) < 4.78 is 0. The number of carboxylic acids is 2. The fraction of sp³-hybridized carbons (Fsp3) is 0.200. The molecule has 0 amide bonds. The zero-order valence-corrected chi connectivity index (χ0v) is 10.9. The van der Waals surface area contributed by atoms with Crippen molar-refractivity contribution in [2.75, 3.05) is 18.0 Å². The average Bonchev–Trinajstić information content (AvgIpc) is 2.15. The van der Waals surface area contributed by atoms with Crippen LogP contribution in [0.1, 0.15) is 0 Å². The van der Waals surface area contributed by atoms with Crippen molar-refractivity contribution >= 4 is 17.6 Å². The normalized spacial score (nSPS) is 8.21. The Labute approximate surface area is 119 Å². The van der Waals surface area contributed by atoms with E-state index >= 15 is 0 Å². The molecule has 0 aliphatic rings. The number of nitrogens with zero attached hydrogens (tertiary/aromatic N) is 1. The van der Waals surface area contributed by atoms with E-state index < -0.39 is 25.0 Å². The van der Waals surface area contributed by atoms with Gasteiger partial charge in [0.25, 0.3) is 0 Å². The van der Waals surface area contributed by atoms with Gasteiger partial charge in [-0.15, -0.1) is 0 Å². The van der Waals surface area contributed by atoms with Crippen LogP contribution in [0, 0.1) is 0 Å². The van der Waals surface area contributed by atoms with Gasteiger partial charge in [0, 0.05) is 16.8 Å². The first-order valence-electron chi connectivity index (χ1n) is 4.47. The Balaban J connectivity index is -0.000000853. The van der Waals surface area contributed by atoms with Crippen LogP contribution in [0.3, 0.4) is 0 Å². The van der Waals surface area contributed by atoms with Gasteiger partial charge in [0.15, 0.2) is 0 Å². The molecule has 1 radical (unpaired) electrons. The van der Waals surface area contributed by atoms with Crippen LogP contribution in [0.5, 0.6) is 5.75 Å². The third kappa shape index (κ3) is 7.26. The van der Waals surface area contributed by atoms with Crippen molar-refractivity contribution in [1.29, 1.82) is 0 Å². The van der Waals surface area contributed by atoms with Gasteiger partial charge in [-0.3, -0.25) is 9.59 Å². The Bertz CT molecular complexity index is 397. The maximum atomic E-state index is 10.6. The van der Waals surface area contributed by atoms with E-state index in [1.54, 1.807) is 12.1 Å². The summed E-state index contributed by atoms with van der Waals surface area (Å²) in [5.74, 6) is -2.47. The second-order valence-corrected chi connectivity index (χ2v) is 3.13. The number of hydrogen-bond donors (Lipinski definition) is 3. The smallest absolute Gasteiger partial charge is 0.323 e. The van der Waals surface area contributed by atoms with Gasteiger partial charge in [0.2, 0.25) is 0 Å². The molecule has 0 saturated heterocycles. The first kappa shape index (κ1) is 22.4. The minimum atomic E-state index is -1.16. The molecule has 1 rings (SSSR count). The molecule has 0 bridgehead atoms. The number of phenols is 1. The monoisotopic (exact) mass is 322 g/mol. The molecule has 1 aromatic carbocycles. The van der Waals surface area contributed by atoms with Gasteiger partial charge in [-0.05, 0) is 12.1 Å². The van der Waals surface area contributed by atoms with Gasteiger partial charge < -0.3 is 31.2 Å². The topological polar surface area (TPSA) is 164 Å². The Morgan fingerprint density at radius 3 is 1.79 bits per heavy atom. The number of benzene rings is 1. The number of hydrogen-bond acceptors (Lipinski definition) is 4. The summed E-state index contributed by atoms with van der Waals surface area (Å²) in [6.07, 6.45) is 0. The molecule has 0 aliphatic heterocycles. The first-order chi connectivity index (χ1) is 7.50. The molecule has 0 unspecified atom stereocenters. The average molecular weight is 322 g/mol. The molecule has 111 valence electrons. The third-order valence-electron chi connectivity index (χ3n) is 1.87. The number of anilines is 1. The van der Waals surface area contributed by atoms with Crippen molar-refractivity contribution in [3.63, 3.8) is 0 Å². The fourth-order valence-electron chi connectivity index (χ4n) is 1.28. The molecule has 0 aromatic heterocycles. The summed E-state index contributed by atoms with van der Waals surface area (Å²) in [7, 11) is 0. The van der Waals surface area contributed by atoms with Crippen molar-refractivity contribution in [3.05, 3.63) is 24.3 Å². The molecule has 0 saturated carbocycles. The number of para-hydroxylation sites is 2. The molecule has 0 spiro atoms. The summed E-state index contributed by atoms with van der Waals surface area (Å²) in [4.78, 5) is 22.2. The van der Waals surface area contributed by atoms with Crippen LogP contribution in [0.15, 0.2) is 24.3 Å². The molecule has 9 heteroatoms. The minimum Gasteiger partial charge on any atom is -0.506 e. The molecule has 1 aromatic rings. The first-order valence-corrected chi connectivity index (χ1v) is 4.47. The van der Waals surface area contributed by atoms with E-state index in [4.69, 9.17) is 10.2 Å². The molecule has 0 atom stereocenters. The van der Waals surface area contributed by atoms with E-state index in [9.17, 15) is 14.7 Å². The fourth-order valence-corrected chi connectivity index (χ4v) is 1.28. The number of aliphatic carboxylic acids is 2. The van der Waals surface area contributed by atoms with Crippen LogP contribution in [0.25, 0.3) is 0 Å². The zero-order valence-electron chi connectivity index (χ0n) is 9.82. The van der Waals surface area contributed by atoms with Crippen molar-refractivity contribution in [2.24, 2.45) is 0 Å². The number of aromatic hydroxyl groups is 1. The molecule has 0 fully saturated rings. The van der Waals surface area contributed by atoms with E-state index in [-0.39, 0.29) is 39.2 Å². The summed E-state index contributed by atoms with van der Waals surface area (Å²) in [5.41, 5.74) is 0.187. The van der Waals surface area contributed by atoms with Gasteiger partial charge >= 0.3 is 11.9 Å². The van der Waals surface area contributed by atoms with Crippen LogP contribution in [0.2, 0.25) is 0 Å². The van der Waals surface area contributed by atoms with E-state index in [1.165, 1.54) is 12.1 Å². The maximum Gasteiger partial charge on any atom is 0.323 e. The Kier molecular flexibility index (Phi) is 11.9. The SMILES string of the molecule is O=C(O)CN(CC(=O)O)c1ccccc1O.[Co].[OH3+].[OH3+]. The number of phenolic OH excluding ortho intramolecular Hbond substituents is 1. The van der Waals surface area contributed by atoms with Gasteiger partial charge in [0.05, 0.1) is 5.69 Å². The predicted molar refractivity (Wildman–Crippen MR) is 65.3 cm³/mol. The second kappa shape index (κ2) is 10.1. The van der Waals surface area contributed by atoms with E-state index in [2.05, 4.69) is 0 Å². The summed E-state index contributed by atoms with van der Waals surface area (Å²) >= 11 is 0. The van der Waals surface area contributed by atoms with Crippen molar-refractivity contribution < 1.29 is 52.6 Å². The van der Waals surface area contributed by atoms with Crippen LogP contribution in [-0.4, -0.2) is 40.3 Å². The van der Waals surface area contributed by atoms with Gasteiger partial charge in [-0.25, -0.2) is 0 Å². The Morgan fingerprint density at radius 1 is 1.00 bits per heavy atom. The quantitative estimate of drug-likeness (QED) is 0.559. The molecule has 9 N–H and O–H groups in total. The van der Waals surface area contributed by atoms with Gasteiger partial charge in [-0.1, -0.05) is 12.1 Å². The molecule has 0 aliphatic carbocycles. The van der Waals surface area contributed by atoms with E-state index in [0.29, 0.717) is 0 Å². The number of carboxylic acid groups (broad SMARTS) is 2. The van der Waals surface area contributed by atoms with Crippen LogP contribution >= 0.6 is 0 Å². The zero-order chi connectivity index (χ0) is 12.1. The molecule has 8 nitrogen and oxygen atoms in total. The van der Waals surface area contributed by atoms with Crippen LogP contribution in [-0.2, 0) is 37.3 Å². The maximum absolute atomic E-state index is 10.6. The van der Waals surface area contributed by atoms with Gasteiger partial charge in [0.1, 0.15) is 18.8 Å². The van der Waals surface area contributed by atoms with Crippen LogP contribution < -0.4 is 4.90 Å². The standard InChI is InChI=1S/C10H11NO5.Co.2H2O/c12-8-4-2-1-3-7(8)11(5-9(13)14)6-10(15)16;;;/h1-4,12H,5-6H2,(H,13,14)(H,15,16);;2*1H2/p+2. The third-order valence-corrected chi connectivity index (χ3v) is 1.87. The van der Waals surface area contributed by atoms with Crippen LogP contribution in [0.4, 0.5) is 5.69 Å². The molecule has 0 heterocycles. The Hall–Kier alpha value is -1.81.